The van der Waals surface area contributed by atoms with E-state index in [1.807, 2.05) is 0 Å². The molecule has 0 fully saturated rings. The summed E-state index contributed by atoms with van der Waals surface area (Å²) in [6.07, 6.45) is 1.20. The van der Waals surface area contributed by atoms with Gasteiger partial charge in [0.05, 0.1) is 10.7 Å². The zero-order valence-electron chi connectivity index (χ0n) is 10.8. The average Bonchev–Trinajstić information content (AvgIpc) is 2.50. The van der Waals surface area contributed by atoms with E-state index in [1.54, 1.807) is 0 Å². The number of rotatable bonds is 3. The Kier molecular flexibility index (Phi) is 5.15. The number of phenolic OH excluding ortho intramolecular Hbond substituents is 2. The van der Waals surface area contributed by atoms with Gasteiger partial charge >= 0.3 is 0 Å². The van der Waals surface area contributed by atoms with Crippen LogP contribution in [0.2, 0.25) is 0 Å². The monoisotopic (exact) mass is 430 g/mol. The first kappa shape index (κ1) is 16.4. The van der Waals surface area contributed by atoms with Crippen LogP contribution < -0.4 is 5.43 Å². The van der Waals surface area contributed by atoms with E-state index in [4.69, 9.17) is 0 Å². The van der Waals surface area contributed by atoms with Crippen molar-refractivity contribution in [1.82, 2.24) is 5.43 Å². The van der Waals surface area contributed by atoms with E-state index in [1.165, 1.54) is 30.5 Å². The fourth-order valence-corrected chi connectivity index (χ4v) is 2.72. The standard InChI is InChI=1S/C14H9Br2FN2O3/c15-10-5-8(12(20)11(16)13(10)21)6-18-19-14(22)7-2-1-3-9(17)4-7/h1-6,20-21H,(H,19,22)/b18-6+. The van der Waals surface area contributed by atoms with Crippen LogP contribution in [0, 0.1) is 5.82 Å². The van der Waals surface area contributed by atoms with Gasteiger partial charge < -0.3 is 10.2 Å². The Bertz CT molecular complexity index is 766. The lowest BCUT2D eigenvalue weighted by atomic mass is 10.2. The van der Waals surface area contributed by atoms with E-state index in [0.29, 0.717) is 4.47 Å². The minimum absolute atomic E-state index is 0.0970. The van der Waals surface area contributed by atoms with E-state index in [9.17, 15) is 19.4 Å². The van der Waals surface area contributed by atoms with Crippen molar-refractivity contribution in [2.45, 2.75) is 0 Å². The molecule has 0 saturated heterocycles. The molecule has 0 aliphatic heterocycles. The zero-order valence-corrected chi connectivity index (χ0v) is 14.0. The summed E-state index contributed by atoms with van der Waals surface area (Å²) in [5.74, 6) is -1.50. The molecule has 0 unspecified atom stereocenters. The van der Waals surface area contributed by atoms with Crippen molar-refractivity contribution in [3.63, 3.8) is 0 Å². The fraction of sp³-hybridized carbons (Fsp3) is 0. The lowest BCUT2D eigenvalue weighted by Crippen LogP contribution is -2.17. The minimum atomic E-state index is -0.591. The molecule has 1 amide bonds. The summed E-state index contributed by atoms with van der Waals surface area (Å²) in [7, 11) is 0. The Labute approximate surface area is 141 Å². The molecule has 0 heterocycles. The van der Waals surface area contributed by atoms with Gasteiger partial charge in [-0.05, 0) is 56.1 Å². The van der Waals surface area contributed by atoms with Crippen LogP contribution in [0.3, 0.4) is 0 Å². The number of hydrazone groups is 1. The summed E-state index contributed by atoms with van der Waals surface area (Å²) in [6.45, 7) is 0. The summed E-state index contributed by atoms with van der Waals surface area (Å²) in [4.78, 5) is 11.7. The topological polar surface area (TPSA) is 81.9 Å². The van der Waals surface area contributed by atoms with Crippen molar-refractivity contribution >= 4 is 44.0 Å². The van der Waals surface area contributed by atoms with E-state index < -0.39 is 11.7 Å². The number of hydrogen-bond acceptors (Lipinski definition) is 4. The first-order chi connectivity index (χ1) is 10.4. The van der Waals surface area contributed by atoms with Crippen LogP contribution in [0.15, 0.2) is 44.4 Å². The van der Waals surface area contributed by atoms with E-state index in [-0.39, 0.29) is 27.1 Å². The molecular weight excluding hydrogens is 423 g/mol. The normalized spacial score (nSPS) is 10.9. The summed E-state index contributed by atoms with van der Waals surface area (Å²) in [6, 6.07) is 6.58. The average molecular weight is 432 g/mol. The van der Waals surface area contributed by atoms with E-state index in [0.717, 1.165) is 6.07 Å². The number of carbonyl (C=O) groups is 1. The first-order valence-corrected chi connectivity index (χ1v) is 7.47. The fourth-order valence-electron chi connectivity index (χ4n) is 1.57. The van der Waals surface area contributed by atoms with Gasteiger partial charge in [-0.3, -0.25) is 4.79 Å². The molecule has 3 N–H and O–H groups in total. The van der Waals surface area contributed by atoms with Gasteiger partial charge in [-0.2, -0.15) is 5.10 Å². The second kappa shape index (κ2) is 6.89. The third-order valence-electron chi connectivity index (χ3n) is 2.65. The molecule has 5 nitrogen and oxygen atoms in total. The number of nitrogens with zero attached hydrogens (tertiary/aromatic N) is 1. The Morgan fingerprint density at radius 2 is 1.95 bits per heavy atom. The number of aromatic hydroxyl groups is 2. The van der Waals surface area contributed by atoms with E-state index in [2.05, 4.69) is 42.4 Å². The third-order valence-corrected chi connectivity index (χ3v) is 4.01. The number of benzene rings is 2. The molecule has 0 bridgehead atoms. The largest absolute Gasteiger partial charge is 0.506 e. The van der Waals surface area contributed by atoms with Crippen LogP contribution in [0.1, 0.15) is 15.9 Å². The third kappa shape index (κ3) is 3.63. The minimum Gasteiger partial charge on any atom is -0.506 e. The lowest BCUT2D eigenvalue weighted by Gasteiger charge is -2.06. The van der Waals surface area contributed by atoms with Crippen LogP contribution in [0.25, 0.3) is 0 Å². The molecule has 2 aromatic rings. The van der Waals surface area contributed by atoms with Crippen LogP contribution in [0.4, 0.5) is 4.39 Å². The summed E-state index contributed by atoms with van der Waals surface area (Å²) < 4.78 is 13.4. The first-order valence-electron chi connectivity index (χ1n) is 5.89. The van der Waals surface area contributed by atoms with Crippen LogP contribution >= 0.6 is 31.9 Å². The molecular formula is C14H9Br2FN2O3. The summed E-state index contributed by atoms with van der Waals surface area (Å²) in [5, 5.41) is 23.1. The molecule has 114 valence electrons. The van der Waals surface area contributed by atoms with Gasteiger partial charge in [-0.1, -0.05) is 6.07 Å². The van der Waals surface area contributed by atoms with E-state index >= 15 is 0 Å². The number of nitrogens with one attached hydrogen (secondary N) is 1. The Hall–Kier alpha value is -1.93. The van der Waals surface area contributed by atoms with Gasteiger partial charge in [0.2, 0.25) is 0 Å². The van der Waals surface area contributed by atoms with Crippen molar-refractivity contribution in [3.05, 3.63) is 56.2 Å². The Morgan fingerprint density at radius 3 is 2.64 bits per heavy atom. The highest BCUT2D eigenvalue weighted by Gasteiger charge is 2.13. The maximum atomic E-state index is 13.0. The van der Waals surface area contributed by atoms with Crippen LogP contribution in [0.5, 0.6) is 11.5 Å². The number of carbonyl (C=O) groups excluding carboxylic acids is 1. The maximum absolute atomic E-state index is 13.0. The van der Waals surface area contributed by atoms with Gasteiger partial charge in [0.1, 0.15) is 21.8 Å². The Balaban J connectivity index is 2.15. The molecule has 0 aliphatic carbocycles. The quantitative estimate of drug-likeness (QED) is 0.513. The van der Waals surface area contributed by atoms with Gasteiger partial charge in [0, 0.05) is 11.1 Å². The van der Waals surface area contributed by atoms with Crippen molar-refractivity contribution in [2.75, 3.05) is 0 Å². The maximum Gasteiger partial charge on any atom is 0.271 e. The van der Waals surface area contributed by atoms with Crippen LogP contribution in [-0.2, 0) is 0 Å². The number of hydrogen-bond donors (Lipinski definition) is 3. The molecule has 0 radical (unpaired) electrons. The van der Waals surface area contributed by atoms with Crippen molar-refractivity contribution in [3.8, 4) is 11.5 Å². The predicted octanol–water partition coefficient (Wildman–Crippen LogP) is 3.53. The van der Waals surface area contributed by atoms with Gasteiger partial charge in [0.15, 0.2) is 0 Å². The smallest absolute Gasteiger partial charge is 0.271 e. The van der Waals surface area contributed by atoms with Crippen molar-refractivity contribution in [2.24, 2.45) is 5.10 Å². The Morgan fingerprint density at radius 1 is 1.23 bits per heavy atom. The summed E-state index contributed by atoms with van der Waals surface area (Å²) in [5.41, 5.74) is 2.60. The van der Waals surface area contributed by atoms with Crippen LogP contribution in [-0.4, -0.2) is 22.3 Å². The summed E-state index contributed by atoms with van der Waals surface area (Å²) >= 11 is 6.14. The zero-order chi connectivity index (χ0) is 16.3. The highest BCUT2D eigenvalue weighted by Crippen LogP contribution is 2.40. The molecule has 0 saturated carbocycles. The van der Waals surface area contributed by atoms with Gasteiger partial charge in [-0.15, -0.1) is 0 Å². The SMILES string of the molecule is O=C(N/N=C/c1cc(Br)c(O)c(Br)c1O)c1cccc(F)c1. The molecule has 0 aliphatic rings. The predicted molar refractivity (Wildman–Crippen MR) is 86.6 cm³/mol. The molecule has 22 heavy (non-hydrogen) atoms. The van der Waals surface area contributed by atoms with Crippen molar-refractivity contribution < 1.29 is 19.4 Å². The highest BCUT2D eigenvalue weighted by atomic mass is 79.9. The number of phenols is 2. The van der Waals surface area contributed by atoms with Gasteiger partial charge in [-0.25, -0.2) is 9.82 Å². The lowest BCUT2D eigenvalue weighted by molar-refractivity contribution is 0.0954. The second-order valence-corrected chi connectivity index (χ2v) is 5.82. The molecule has 0 atom stereocenters. The highest BCUT2D eigenvalue weighted by molar-refractivity contribution is 9.11. The van der Waals surface area contributed by atoms with Gasteiger partial charge in [0.25, 0.3) is 5.91 Å². The molecule has 2 aromatic carbocycles. The molecule has 8 heteroatoms. The molecule has 0 spiro atoms. The van der Waals surface area contributed by atoms with Crippen molar-refractivity contribution in [1.29, 1.82) is 0 Å². The second-order valence-electron chi connectivity index (χ2n) is 4.17. The number of halogens is 3. The molecule has 2 rings (SSSR count). The molecule has 0 aromatic heterocycles. The number of amides is 1.